The zero-order valence-electron chi connectivity index (χ0n) is 11.2. The van der Waals surface area contributed by atoms with Crippen molar-refractivity contribution in [1.29, 1.82) is 0 Å². The molecule has 0 amide bonds. The first kappa shape index (κ1) is 13.5. The van der Waals surface area contributed by atoms with Crippen molar-refractivity contribution in [3.63, 3.8) is 0 Å². The second-order valence-electron chi connectivity index (χ2n) is 5.06. The number of rotatable bonds is 1. The Morgan fingerprint density at radius 2 is 1.90 bits per heavy atom. The molecule has 2 aromatic rings. The van der Waals surface area contributed by atoms with Gasteiger partial charge in [-0.3, -0.25) is 0 Å². The van der Waals surface area contributed by atoms with Crippen molar-refractivity contribution >= 4 is 33.9 Å². The van der Waals surface area contributed by atoms with Crippen molar-refractivity contribution in [1.82, 2.24) is 0 Å². The maximum Gasteiger partial charge on any atom is 0.0563 e. The molecule has 0 saturated heterocycles. The third-order valence-corrected chi connectivity index (χ3v) is 4.26. The van der Waals surface area contributed by atoms with Gasteiger partial charge in [0, 0.05) is 21.3 Å². The molecular weight excluding hydrogens is 289 g/mol. The molecule has 0 fully saturated rings. The van der Waals surface area contributed by atoms with Gasteiger partial charge in [-0.05, 0) is 36.6 Å². The summed E-state index contributed by atoms with van der Waals surface area (Å²) < 4.78 is 0. The van der Waals surface area contributed by atoms with Crippen LogP contribution in [0.25, 0.3) is 5.03 Å². The summed E-state index contributed by atoms with van der Waals surface area (Å²) in [4.78, 5) is 0. The van der Waals surface area contributed by atoms with Gasteiger partial charge in [0.15, 0.2) is 0 Å². The Morgan fingerprint density at radius 1 is 1.10 bits per heavy atom. The van der Waals surface area contributed by atoms with Gasteiger partial charge in [0.25, 0.3) is 0 Å². The summed E-state index contributed by atoms with van der Waals surface area (Å²) in [6, 6.07) is 14.4. The highest BCUT2D eigenvalue weighted by Crippen LogP contribution is 2.37. The van der Waals surface area contributed by atoms with Crippen molar-refractivity contribution < 1.29 is 0 Å². The van der Waals surface area contributed by atoms with Crippen LogP contribution in [0.1, 0.15) is 29.2 Å². The van der Waals surface area contributed by atoms with E-state index in [2.05, 4.69) is 23.5 Å². The molecule has 102 valence electrons. The number of anilines is 1. The Labute approximate surface area is 129 Å². The van der Waals surface area contributed by atoms with E-state index < -0.39 is 0 Å². The molecule has 0 bridgehead atoms. The van der Waals surface area contributed by atoms with Crippen molar-refractivity contribution in [3.05, 3.63) is 70.3 Å². The molecule has 20 heavy (non-hydrogen) atoms. The smallest absolute Gasteiger partial charge is 0.0563 e. The van der Waals surface area contributed by atoms with Crippen molar-refractivity contribution in [2.24, 2.45) is 0 Å². The van der Waals surface area contributed by atoms with Crippen LogP contribution < -0.4 is 5.32 Å². The summed E-state index contributed by atoms with van der Waals surface area (Å²) in [7, 11) is 0. The van der Waals surface area contributed by atoms with Crippen LogP contribution in [0.4, 0.5) is 5.69 Å². The Balaban J connectivity index is 2.02. The molecule has 0 spiro atoms. The molecule has 1 heterocycles. The highest BCUT2D eigenvalue weighted by atomic mass is 35.5. The predicted molar refractivity (Wildman–Crippen MR) is 87.4 cm³/mol. The fourth-order valence-corrected chi connectivity index (χ4v) is 3.14. The molecule has 1 atom stereocenters. The summed E-state index contributed by atoms with van der Waals surface area (Å²) in [5.41, 5.74) is 4.36. The topological polar surface area (TPSA) is 12.0 Å². The van der Waals surface area contributed by atoms with Gasteiger partial charge in [-0.2, -0.15) is 0 Å². The summed E-state index contributed by atoms with van der Waals surface area (Å²) in [6.07, 6.45) is 2.87. The highest BCUT2D eigenvalue weighted by molar-refractivity contribution is 6.49. The lowest BCUT2D eigenvalue weighted by atomic mass is 10.0. The normalized spacial score (nSPS) is 17.8. The zero-order valence-corrected chi connectivity index (χ0v) is 12.7. The van der Waals surface area contributed by atoms with E-state index >= 15 is 0 Å². The SMILES string of the molecule is Cc1ccc(C2CC=C(Cl)c3ccccc3N2)c(Cl)c1. The number of aryl methyl sites for hydroxylation is 1. The average molecular weight is 304 g/mol. The van der Waals surface area contributed by atoms with E-state index in [4.69, 9.17) is 23.2 Å². The summed E-state index contributed by atoms with van der Waals surface area (Å²) in [5.74, 6) is 0. The van der Waals surface area contributed by atoms with Crippen molar-refractivity contribution in [2.75, 3.05) is 5.32 Å². The molecule has 3 rings (SSSR count). The number of nitrogens with one attached hydrogen (secondary N) is 1. The van der Waals surface area contributed by atoms with Gasteiger partial charge in [-0.15, -0.1) is 0 Å². The standard InChI is InChI=1S/C17H15Cl2N/c1-11-6-7-13(15(19)10-11)17-9-8-14(18)12-4-2-3-5-16(12)20-17/h2-8,10,17,20H,9H2,1H3. The number of hydrogen-bond acceptors (Lipinski definition) is 1. The van der Waals surface area contributed by atoms with Crippen molar-refractivity contribution in [2.45, 2.75) is 19.4 Å². The maximum atomic E-state index is 6.39. The molecule has 1 aliphatic rings. The average Bonchev–Trinajstić information content (AvgIpc) is 2.59. The molecule has 0 aliphatic carbocycles. The number of hydrogen-bond donors (Lipinski definition) is 1. The van der Waals surface area contributed by atoms with Crippen LogP contribution >= 0.6 is 23.2 Å². The molecule has 3 heteroatoms. The van der Waals surface area contributed by atoms with Crippen LogP contribution in [0.5, 0.6) is 0 Å². The highest BCUT2D eigenvalue weighted by Gasteiger charge is 2.19. The number of halogens is 2. The van der Waals surface area contributed by atoms with E-state index in [0.29, 0.717) is 0 Å². The Hall–Kier alpha value is -1.44. The van der Waals surface area contributed by atoms with E-state index in [-0.39, 0.29) is 6.04 Å². The maximum absolute atomic E-state index is 6.39. The molecule has 1 aliphatic heterocycles. The lowest BCUT2D eigenvalue weighted by Crippen LogP contribution is -2.10. The van der Waals surface area contributed by atoms with Crippen LogP contribution in [-0.2, 0) is 0 Å². The second kappa shape index (κ2) is 5.51. The molecule has 1 nitrogen and oxygen atoms in total. The molecule has 0 saturated carbocycles. The monoisotopic (exact) mass is 303 g/mol. The van der Waals surface area contributed by atoms with Crippen LogP contribution in [0.15, 0.2) is 48.5 Å². The van der Waals surface area contributed by atoms with Gasteiger partial charge in [-0.25, -0.2) is 0 Å². The Bertz CT molecular complexity index is 676. The van der Waals surface area contributed by atoms with Gasteiger partial charge in [0.2, 0.25) is 0 Å². The quantitative estimate of drug-likeness (QED) is 0.703. The van der Waals surface area contributed by atoms with Gasteiger partial charge < -0.3 is 5.32 Å². The Kier molecular flexibility index (Phi) is 3.73. The molecule has 0 radical (unpaired) electrons. The lowest BCUT2D eigenvalue weighted by molar-refractivity contribution is 0.803. The number of benzene rings is 2. The molecule has 2 aromatic carbocycles. The fourth-order valence-electron chi connectivity index (χ4n) is 2.51. The lowest BCUT2D eigenvalue weighted by Gasteiger charge is -2.20. The molecule has 1 N–H and O–H groups in total. The first-order chi connectivity index (χ1) is 9.65. The summed E-state index contributed by atoms with van der Waals surface area (Å²) in [6.45, 7) is 2.04. The van der Waals surface area contributed by atoms with E-state index in [0.717, 1.165) is 33.3 Å². The predicted octanol–water partition coefficient (Wildman–Crippen LogP) is 5.79. The zero-order chi connectivity index (χ0) is 14.1. The first-order valence-corrected chi connectivity index (χ1v) is 7.38. The molecular formula is C17H15Cl2N. The van der Waals surface area contributed by atoms with Crippen molar-refractivity contribution in [3.8, 4) is 0 Å². The van der Waals surface area contributed by atoms with Gasteiger partial charge >= 0.3 is 0 Å². The van der Waals surface area contributed by atoms with Crippen LogP contribution in [0.2, 0.25) is 5.02 Å². The van der Waals surface area contributed by atoms with Crippen LogP contribution in [0, 0.1) is 6.92 Å². The molecule has 0 aromatic heterocycles. The van der Waals surface area contributed by atoms with E-state index in [1.165, 1.54) is 5.56 Å². The fraction of sp³-hybridized carbons (Fsp3) is 0.176. The van der Waals surface area contributed by atoms with E-state index in [1.54, 1.807) is 0 Å². The van der Waals surface area contributed by atoms with Crippen LogP contribution in [0.3, 0.4) is 0 Å². The number of para-hydroxylation sites is 1. The van der Waals surface area contributed by atoms with Gasteiger partial charge in [0.05, 0.1) is 6.04 Å². The minimum absolute atomic E-state index is 0.139. The minimum Gasteiger partial charge on any atom is -0.377 e. The third-order valence-electron chi connectivity index (χ3n) is 3.58. The van der Waals surface area contributed by atoms with Gasteiger partial charge in [-0.1, -0.05) is 59.6 Å². The molecule has 1 unspecified atom stereocenters. The van der Waals surface area contributed by atoms with Gasteiger partial charge in [0.1, 0.15) is 0 Å². The van der Waals surface area contributed by atoms with E-state index in [9.17, 15) is 0 Å². The Morgan fingerprint density at radius 3 is 2.70 bits per heavy atom. The minimum atomic E-state index is 0.139. The summed E-state index contributed by atoms with van der Waals surface area (Å²) >= 11 is 12.7. The third kappa shape index (κ3) is 2.56. The van der Waals surface area contributed by atoms with Crippen LogP contribution in [-0.4, -0.2) is 0 Å². The summed E-state index contributed by atoms with van der Waals surface area (Å²) in [5, 5.41) is 5.13. The second-order valence-corrected chi connectivity index (χ2v) is 5.87. The largest absolute Gasteiger partial charge is 0.377 e. The first-order valence-electron chi connectivity index (χ1n) is 6.63. The van der Waals surface area contributed by atoms with E-state index in [1.807, 2.05) is 37.3 Å². The number of fused-ring (bicyclic) bond motifs is 1.